The molecule has 2 aromatic rings. The molecule has 0 N–H and O–H groups in total. The molecule has 1 aromatic heterocycles. The Morgan fingerprint density at radius 2 is 2.13 bits per heavy atom. The third-order valence-electron chi connectivity index (χ3n) is 3.87. The molecule has 0 radical (unpaired) electrons. The molecule has 23 heavy (non-hydrogen) atoms. The maximum atomic E-state index is 12.9. The van der Waals surface area contributed by atoms with Gasteiger partial charge in [-0.3, -0.25) is 9.36 Å². The summed E-state index contributed by atoms with van der Waals surface area (Å²) in [6.45, 7) is 5.02. The van der Waals surface area contributed by atoms with Crippen LogP contribution in [0.5, 0.6) is 0 Å². The van der Waals surface area contributed by atoms with Crippen LogP contribution in [0.15, 0.2) is 45.2 Å². The lowest BCUT2D eigenvalue weighted by Crippen LogP contribution is -2.26. The van der Waals surface area contributed by atoms with Crippen molar-refractivity contribution in [3.63, 3.8) is 0 Å². The Balaban J connectivity index is 1.90. The van der Waals surface area contributed by atoms with Crippen LogP contribution in [0.4, 0.5) is 0 Å². The molecule has 0 saturated heterocycles. The molecule has 3 nitrogen and oxygen atoms in total. The molecule has 1 aliphatic heterocycles. The van der Waals surface area contributed by atoms with Gasteiger partial charge in [0.05, 0.1) is 10.6 Å². The monoisotopic (exact) mass is 346 g/mol. The minimum absolute atomic E-state index is 0.152. The molecule has 1 atom stereocenters. The Hall–Kier alpha value is -1.20. The van der Waals surface area contributed by atoms with Gasteiger partial charge in [0, 0.05) is 24.0 Å². The number of hydrogen-bond acceptors (Lipinski definition) is 4. The largest absolute Gasteiger partial charge is 0.286 e. The summed E-state index contributed by atoms with van der Waals surface area (Å²) in [4.78, 5) is 18.6. The Morgan fingerprint density at radius 3 is 2.87 bits per heavy atom. The molecular formula is C18H22N2OS2. The highest BCUT2D eigenvalue weighted by molar-refractivity contribution is 8.00. The lowest BCUT2D eigenvalue weighted by atomic mass is 10.1. The lowest BCUT2D eigenvalue weighted by molar-refractivity contribution is 0.564. The molecule has 0 bridgehead atoms. The Labute approximate surface area is 145 Å². The van der Waals surface area contributed by atoms with Crippen molar-refractivity contribution < 1.29 is 0 Å². The zero-order valence-corrected chi connectivity index (χ0v) is 15.3. The molecule has 2 heterocycles. The van der Waals surface area contributed by atoms with E-state index < -0.39 is 0 Å². The average molecular weight is 347 g/mol. The predicted molar refractivity (Wildman–Crippen MR) is 98.7 cm³/mol. The minimum atomic E-state index is 0.152. The number of fused-ring (bicyclic) bond motifs is 1. The Morgan fingerprint density at radius 1 is 1.35 bits per heavy atom. The summed E-state index contributed by atoms with van der Waals surface area (Å²) in [5, 5.41) is 1.35. The molecule has 0 fully saturated rings. The molecule has 0 unspecified atom stereocenters. The summed E-state index contributed by atoms with van der Waals surface area (Å²) in [6, 6.07) is 10.3. The van der Waals surface area contributed by atoms with Crippen molar-refractivity contribution >= 4 is 23.5 Å². The second-order valence-electron chi connectivity index (χ2n) is 5.84. The van der Waals surface area contributed by atoms with E-state index in [0.717, 1.165) is 40.8 Å². The summed E-state index contributed by atoms with van der Waals surface area (Å²) in [5.74, 6) is 0.999. The first-order chi connectivity index (χ1) is 11.2. The van der Waals surface area contributed by atoms with E-state index in [2.05, 4.69) is 26.0 Å². The van der Waals surface area contributed by atoms with Crippen LogP contribution in [0.2, 0.25) is 0 Å². The molecular weight excluding hydrogens is 324 g/mol. The normalized spacial score (nSPS) is 16.5. The van der Waals surface area contributed by atoms with E-state index in [1.54, 1.807) is 23.5 Å². The van der Waals surface area contributed by atoms with Crippen molar-refractivity contribution in [2.75, 3.05) is 5.75 Å². The fourth-order valence-electron chi connectivity index (χ4n) is 2.72. The van der Waals surface area contributed by atoms with Crippen LogP contribution in [-0.2, 0) is 19.4 Å². The van der Waals surface area contributed by atoms with Crippen LogP contribution in [0.25, 0.3) is 0 Å². The fourth-order valence-corrected chi connectivity index (χ4v) is 4.73. The maximum absolute atomic E-state index is 12.9. The highest BCUT2D eigenvalue weighted by atomic mass is 32.2. The first-order valence-electron chi connectivity index (χ1n) is 8.16. The van der Waals surface area contributed by atoms with Crippen molar-refractivity contribution in [3.05, 3.63) is 51.9 Å². The summed E-state index contributed by atoms with van der Waals surface area (Å²) in [6.07, 6.45) is 2.86. The van der Waals surface area contributed by atoms with Gasteiger partial charge in [-0.2, -0.15) is 0 Å². The van der Waals surface area contributed by atoms with Gasteiger partial charge in [0.15, 0.2) is 5.16 Å². The molecule has 0 saturated carbocycles. The SMILES string of the molecule is CCCSc1nc2c(c(=O)n1CCc1ccccc1)S[C@H](C)C2. The maximum Gasteiger partial charge on any atom is 0.268 e. The molecule has 1 aliphatic rings. The number of nitrogens with zero attached hydrogens (tertiary/aromatic N) is 2. The van der Waals surface area contributed by atoms with E-state index in [4.69, 9.17) is 4.98 Å². The molecule has 3 rings (SSSR count). The van der Waals surface area contributed by atoms with Gasteiger partial charge in [0.2, 0.25) is 0 Å². The van der Waals surface area contributed by atoms with Crippen LogP contribution in [0.3, 0.4) is 0 Å². The van der Waals surface area contributed by atoms with Crippen molar-refractivity contribution in [2.24, 2.45) is 0 Å². The highest BCUT2D eigenvalue weighted by Gasteiger charge is 2.26. The van der Waals surface area contributed by atoms with Gasteiger partial charge in [-0.25, -0.2) is 4.98 Å². The molecule has 0 amide bonds. The smallest absolute Gasteiger partial charge is 0.268 e. The van der Waals surface area contributed by atoms with Crippen molar-refractivity contribution in [1.29, 1.82) is 0 Å². The van der Waals surface area contributed by atoms with Crippen molar-refractivity contribution in [2.45, 2.75) is 55.0 Å². The predicted octanol–water partition coefficient (Wildman–Crippen LogP) is 4.02. The number of hydrogen-bond donors (Lipinski definition) is 0. The summed E-state index contributed by atoms with van der Waals surface area (Å²) in [7, 11) is 0. The van der Waals surface area contributed by atoms with E-state index in [1.807, 2.05) is 22.8 Å². The Bertz CT molecular complexity index is 728. The summed E-state index contributed by atoms with van der Waals surface area (Å²) in [5.41, 5.74) is 2.41. The third kappa shape index (κ3) is 3.83. The van der Waals surface area contributed by atoms with E-state index in [9.17, 15) is 4.79 Å². The number of rotatable bonds is 6. The Kier molecular flexibility index (Phi) is 5.49. The molecule has 0 aliphatic carbocycles. The number of thioether (sulfide) groups is 2. The van der Waals surface area contributed by atoms with Crippen molar-refractivity contribution in [1.82, 2.24) is 9.55 Å². The van der Waals surface area contributed by atoms with Crippen LogP contribution in [0.1, 0.15) is 31.5 Å². The molecule has 5 heteroatoms. The summed E-state index contributed by atoms with van der Waals surface area (Å²) < 4.78 is 1.89. The second kappa shape index (κ2) is 7.58. The standard InChI is InChI=1S/C18H22N2OS2/c1-3-11-22-18-19-15-12-13(2)23-16(15)17(21)20(18)10-9-14-7-5-4-6-8-14/h4-8,13H,3,9-12H2,1-2H3/t13-/m1/s1. The van der Waals surface area contributed by atoms with Gasteiger partial charge >= 0.3 is 0 Å². The van der Waals surface area contributed by atoms with Crippen LogP contribution in [-0.4, -0.2) is 20.6 Å². The van der Waals surface area contributed by atoms with Gasteiger partial charge in [-0.1, -0.05) is 55.9 Å². The van der Waals surface area contributed by atoms with E-state index in [-0.39, 0.29) is 5.56 Å². The number of aryl methyl sites for hydroxylation is 1. The van der Waals surface area contributed by atoms with E-state index >= 15 is 0 Å². The molecule has 122 valence electrons. The minimum Gasteiger partial charge on any atom is -0.286 e. The third-order valence-corrected chi connectivity index (χ3v) is 6.26. The average Bonchev–Trinajstić information content (AvgIpc) is 2.94. The topological polar surface area (TPSA) is 34.9 Å². The van der Waals surface area contributed by atoms with E-state index in [0.29, 0.717) is 11.8 Å². The van der Waals surface area contributed by atoms with Gasteiger partial charge in [0.25, 0.3) is 5.56 Å². The lowest BCUT2D eigenvalue weighted by Gasteiger charge is -2.13. The number of benzene rings is 1. The van der Waals surface area contributed by atoms with Gasteiger partial charge < -0.3 is 0 Å². The molecule has 1 aromatic carbocycles. The highest BCUT2D eigenvalue weighted by Crippen LogP contribution is 2.34. The first kappa shape index (κ1) is 16.7. The van der Waals surface area contributed by atoms with Crippen LogP contribution >= 0.6 is 23.5 Å². The molecule has 0 spiro atoms. The quantitative estimate of drug-likeness (QED) is 0.584. The number of aromatic nitrogens is 2. The van der Waals surface area contributed by atoms with Gasteiger partial charge in [0.1, 0.15) is 0 Å². The van der Waals surface area contributed by atoms with Crippen LogP contribution in [0, 0.1) is 0 Å². The summed E-state index contributed by atoms with van der Waals surface area (Å²) >= 11 is 3.39. The second-order valence-corrected chi connectivity index (χ2v) is 8.35. The zero-order valence-electron chi connectivity index (χ0n) is 13.6. The first-order valence-corrected chi connectivity index (χ1v) is 10.0. The van der Waals surface area contributed by atoms with Crippen molar-refractivity contribution in [3.8, 4) is 0 Å². The van der Waals surface area contributed by atoms with Gasteiger partial charge in [-0.05, 0) is 18.4 Å². The fraction of sp³-hybridized carbons (Fsp3) is 0.444. The van der Waals surface area contributed by atoms with Crippen LogP contribution < -0.4 is 5.56 Å². The zero-order chi connectivity index (χ0) is 16.2. The van der Waals surface area contributed by atoms with Gasteiger partial charge in [-0.15, -0.1) is 11.8 Å². The van der Waals surface area contributed by atoms with E-state index in [1.165, 1.54) is 5.56 Å².